The SMILES string of the molecule is CN(Cc1ccc(N(C)C)cc1)C(=O)N(C)[C@@H](C/C=C/C(=O)O)CNC(=O)N(c1ccccc1)c1ccccc1. The Hall–Kier alpha value is -4.79. The number of nitrogens with zero attached hydrogens (tertiary/aromatic N) is 4. The van der Waals surface area contributed by atoms with Crippen molar-refractivity contribution < 1.29 is 19.5 Å². The Morgan fingerprint density at radius 3 is 1.85 bits per heavy atom. The highest BCUT2D eigenvalue weighted by atomic mass is 16.4. The number of hydrogen-bond acceptors (Lipinski definition) is 4. The molecule has 0 unspecified atom stereocenters. The Balaban J connectivity index is 1.74. The summed E-state index contributed by atoms with van der Waals surface area (Å²) in [7, 11) is 7.31. The van der Waals surface area contributed by atoms with Crippen LogP contribution in [0.25, 0.3) is 0 Å². The van der Waals surface area contributed by atoms with Gasteiger partial charge in [-0.3, -0.25) is 4.90 Å². The van der Waals surface area contributed by atoms with Crippen molar-refractivity contribution in [1.82, 2.24) is 15.1 Å². The van der Waals surface area contributed by atoms with Gasteiger partial charge in [-0.15, -0.1) is 0 Å². The third-order valence-corrected chi connectivity index (χ3v) is 6.44. The Morgan fingerprint density at radius 2 is 1.35 bits per heavy atom. The molecular formula is C31H37N5O4. The lowest BCUT2D eigenvalue weighted by atomic mass is 10.1. The summed E-state index contributed by atoms with van der Waals surface area (Å²) in [4.78, 5) is 44.6. The number of urea groups is 2. The molecule has 2 N–H and O–H groups in total. The first-order valence-electron chi connectivity index (χ1n) is 13.0. The van der Waals surface area contributed by atoms with Gasteiger partial charge in [0.25, 0.3) is 0 Å². The molecular weight excluding hydrogens is 506 g/mol. The first-order valence-corrected chi connectivity index (χ1v) is 13.0. The van der Waals surface area contributed by atoms with Crippen LogP contribution in [0.4, 0.5) is 26.7 Å². The van der Waals surface area contributed by atoms with Gasteiger partial charge in [-0.1, -0.05) is 54.6 Å². The zero-order valence-corrected chi connectivity index (χ0v) is 23.4. The molecule has 0 bridgehead atoms. The minimum absolute atomic E-state index is 0.118. The van der Waals surface area contributed by atoms with Crippen molar-refractivity contribution in [3.8, 4) is 0 Å². The number of anilines is 3. The minimum atomic E-state index is -1.07. The van der Waals surface area contributed by atoms with Crippen LogP contribution < -0.4 is 15.1 Å². The van der Waals surface area contributed by atoms with Gasteiger partial charge in [0.15, 0.2) is 0 Å². The fourth-order valence-corrected chi connectivity index (χ4v) is 4.19. The molecule has 210 valence electrons. The van der Waals surface area contributed by atoms with E-state index in [1.165, 1.54) is 11.0 Å². The molecule has 3 aromatic carbocycles. The second kappa shape index (κ2) is 14.4. The first-order chi connectivity index (χ1) is 19.2. The predicted octanol–water partition coefficient (Wildman–Crippen LogP) is 5.18. The van der Waals surface area contributed by atoms with Crippen LogP contribution in [0.1, 0.15) is 12.0 Å². The average molecular weight is 544 g/mol. The molecule has 9 heteroatoms. The maximum atomic E-state index is 13.5. The largest absolute Gasteiger partial charge is 0.478 e. The smallest absolute Gasteiger partial charge is 0.327 e. The molecule has 0 aromatic heterocycles. The number of aliphatic carboxylic acids is 1. The Kier molecular flexibility index (Phi) is 10.7. The first kappa shape index (κ1) is 29.8. The minimum Gasteiger partial charge on any atom is -0.478 e. The predicted molar refractivity (Wildman–Crippen MR) is 159 cm³/mol. The van der Waals surface area contributed by atoms with E-state index < -0.39 is 12.0 Å². The third kappa shape index (κ3) is 8.36. The maximum absolute atomic E-state index is 13.5. The lowest BCUT2D eigenvalue weighted by Crippen LogP contribution is -2.50. The van der Waals surface area contributed by atoms with Crippen LogP contribution in [0.3, 0.4) is 0 Å². The zero-order chi connectivity index (χ0) is 29.1. The number of carboxylic acid groups (broad SMARTS) is 1. The van der Waals surface area contributed by atoms with Crippen molar-refractivity contribution >= 4 is 35.1 Å². The van der Waals surface area contributed by atoms with Gasteiger partial charge in [0.1, 0.15) is 0 Å². The van der Waals surface area contributed by atoms with Gasteiger partial charge in [0, 0.05) is 53.0 Å². The van der Waals surface area contributed by atoms with E-state index in [0.29, 0.717) is 17.9 Å². The standard InChI is InChI=1S/C31H37N5O4/c1-33(2)25-20-18-24(19-21-25)23-34(3)31(40)35(4)28(16-11-17-29(37)38)22-32-30(39)36(26-12-7-5-8-13-26)27-14-9-6-10-15-27/h5-15,17-21,28H,16,22-23H2,1-4H3,(H,32,39)(H,37,38)/b17-11+/t28-/m0/s1. The van der Waals surface area contributed by atoms with E-state index in [4.69, 9.17) is 5.11 Å². The van der Waals surface area contributed by atoms with Crippen molar-refractivity contribution in [3.05, 3.63) is 103 Å². The molecule has 40 heavy (non-hydrogen) atoms. The van der Waals surface area contributed by atoms with E-state index in [0.717, 1.165) is 17.3 Å². The Bertz CT molecular complexity index is 1240. The van der Waals surface area contributed by atoms with Gasteiger partial charge in [-0.25, -0.2) is 14.4 Å². The highest BCUT2D eigenvalue weighted by molar-refractivity contribution is 5.99. The van der Waals surface area contributed by atoms with Crippen molar-refractivity contribution in [2.45, 2.75) is 19.0 Å². The fourth-order valence-electron chi connectivity index (χ4n) is 4.19. The summed E-state index contributed by atoms with van der Waals surface area (Å²) in [5, 5.41) is 12.0. The van der Waals surface area contributed by atoms with E-state index >= 15 is 0 Å². The topological polar surface area (TPSA) is 96.4 Å². The van der Waals surface area contributed by atoms with Crippen molar-refractivity contribution in [1.29, 1.82) is 0 Å². The van der Waals surface area contributed by atoms with Crippen molar-refractivity contribution in [3.63, 3.8) is 0 Å². The number of rotatable bonds is 11. The van der Waals surface area contributed by atoms with E-state index in [9.17, 15) is 14.4 Å². The lowest BCUT2D eigenvalue weighted by Gasteiger charge is -2.32. The van der Waals surface area contributed by atoms with Gasteiger partial charge in [0.05, 0.1) is 17.4 Å². The number of nitrogens with one attached hydrogen (secondary N) is 1. The molecule has 4 amide bonds. The summed E-state index contributed by atoms with van der Waals surface area (Å²) < 4.78 is 0. The van der Waals surface area contributed by atoms with E-state index in [2.05, 4.69) is 5.32 Å². The number of amides is 4. The van der Waals surface area contributed by atoms with Crippen LogP contribution in [0.2, 0.25) is 0 Å². The molecule has 9 nitrogen and oxygen atoms in total. The summed E-state index contributed by atoms with van der Waals surface area (Å²) in [6.45, 7) is 0.517. The second-order valence-corrected chi connectivity index (χ2v) is 9.63. The highest BCUT2D eigenvalue weighted by Crippen LogP contribution is 2.25. The number of carboxylic acids is 1. The normalized spacial score (nSPS) is 11.5. The van der Waals surface area contributed by atoms with Crippen LogP contribution in [-0.2, 0) is 11.3 Å². The number of carbonyl (C=O) groups excluding carboxylic acids is 2. The molecule has 0 saturated heterocycles. The van der Waals surface area contributed by atoms with Crippen LogP contribution in [0.15, 0.2) is 97.1 Å². The van der Waals surface area contributed by atoms with E-state index in [1.807, 2.05) is 104 Å². The van der Waals surface area contributed by atoms with Gasteiger partial charge in [-0.05, 0) is 48.4 Å². The van der Waals surface area contributed by atoms with Crippen molar-refractivity contribution in [2.24, 2.45) is 0 Å². The van der Waals surface area contributed by atoms with Gasteiger partial charge in [0.2, 0.25) is 0 Å². The van der Waals surface area contributed by atoms with E-state index in [-0.39, 0.29) is 25.0 Å². The molecule has 1 atom stereocenters. The number of para-hydroxylation sites is 2. The third-order valence-electron chi connectivity index (χ3n) is 6.44. The zero-order valence-electron chi connectivity index (χ0n) is 23.4. The summed E-state index contributed by atoms with van der Waals surface area (Å²) in [5.74, 6) is -1.07. The molecule has 0 saturated carbocycles. The van der Waals surface area contributed by atoms with Crippen molar-refractivity contribution in [2.75, 3.05) is 44.5 Å². The van der Waals surface area contributed by atoms with Gasteiger partial charge in [-0.2, -0.15) is 0 Å². The number of benzene rings is 3. The monoisotopic (exact) mass is 543 g/mol. The summed E-state index contributed by atoms with van der Waals surface area (Å²) in [5.41, 5.74) is 3.43. The van der Waals surface area contributed by atoms with Crippen LogP contribution in [-0.4, -0.2) is 73.7 Å². The summed E-state index contributed by atoms with van der Waals surface area (Å²) in [6, 6.07) is 25.4. The second-order valence-electron chi connectivity index (χ2n) is 9.63. The molecule has 0 spiro atoms. The Morgan fingerprint density at radius 1 is 0.800 bits per heavy atom. The molecule has 3 aromatic rings. The molecule has 0 aliphatic carbocycles. The van der Waals surface area contributed by atoms with Crippen LogP contribution in [0, 0.1) is 0 Å². The maximum Gasteiger partial charge on any atom is 0.327 e. The Labute approximate surface area is 235 Å². The summed E-state index contributed by atoms with van der Waals surface area (Å²) >= 11 is 0. The van der Waals surface area contributed by atoms with Gasteiger partial charge < -0.3 is 25.1 Å². The molecule has 0 aliphatic heterocycles. The quantitative estimate of drug-likeness (QED) is 0.325. The van der Waals surface area contributed by atoms with Crippen LogP contribution in [0.5, 0.6) is 0 Å². The number of carbonyl (C=O) groups is 3. The average Bonchev–Trinajstić information content (AvgIpc) is 2.95. The lowest BCUT2D eigenvalue weighted by molar-refractivity contribution is -0.131. The number of hydrogen-bond donors (Lipinski definition) is 2. The molecule has 3 rings (SSSR count). The van der Waals surface area contributed by atoms with Crippen LogP contribution >= 0.6 is 0 Å². The number of likely N-dealkylation sites (N-methyl/N-ethyl adjacent to an activating group) is 1. The fraction of sp³-hybridized carbons (Fsp3) is 0.258. The highest BCUT2D eigenvalue weighted by Gasteiger charge is 2.25. The molecule has 0 radical (unpaired) electrons. The molecule has 0 heterocycles. The molecule has 0 aliphatic rings. The molecule has 0 fully saturated rings. The van der Waals surface area contributed by atoms with E-state index in [1.54, 1.807) is 23.9 Å². The van der Waals surface area contributed by atoms with Gasteiger partial charge >= 0.3 is 18.0 Å². The summed E-state index contributed by atoms with van der Waals surface area (Å²) in [6.07, 6.45) is 2.79.